The molecule has 0 N–H and O–H groups in total. The van der Waals surface area contributed by atoms with Crippen LogP contribution in [0.5, 0.6) is 0 Å². The van der Waals surface area contributed by atoms with Gasteiger partial charge in [-0.1, -0.05) is 11.6 Å². The van der Waals surface area contributed by atoms with Gasteiger partial charge in [0.1, 0.15) is 11.6 Å². The molecule has 140 valence electrons. The highest BCUT2D eigenvalue weighted by molar-refractivity contribution is 6.32. The van der Waals surface area contributed by atoms with Crippen molar-refractivity contribution in [1.82, 2.24) is 15.0 Å². The maximum absolute atomic E-state index is 13.9. The lowest BCUT2D eigenvalue weighted by Gasteiger charge is -2.30. The molecule has 0 spiro atoms. The number of aromatic nitrogens is 3. The largest absolute Gasteiger partial charge is 0.417 e. The molecule has 1 aromatic carbocycles. The van der Waals surface area contributed by atoms with Gasteiger partial charge in [-0.3, -0.25) is 4.98 Å². The SMILES string of the molecule is Fc1cc2c(N3CCc4ncc(C(F)(F)F)cc4C3)nc(Cl)nc2cc1Cl. The van der Waals surface area contributed by atoms with E-state index in [-0.39, 0.29) is 16.9 Å². The molecule has 4 rings (SSSR count). The first-order chi connectivity index (χ1) is 12.7. The summed E-state index contributed by atoms with van der Waals surface area (Å²) in [6, 6.07) is 3.62. The van der Waals surface area contributed by atoms with Crippen LogP contribution in [-0.2, 0) is 19.1 Å². The summed E-state index contributed by atoms with van der Waals surface area (Å²) >= 11 is 11.8. The van der Waals surface area contributed by atoms with Gasteiger partial charge in [0.05, 0.1) is 16.1 Å². The number of rotatable bonds is 1. The van der Waals surface area contributed by atoms with E-state index in [9.17, 15) is 17.6 Å². The molecule has 10 heteroatoms. The van der Waals surface area contributed by atoms with Crippen molar-refractivity contribution >= 4 is 39.9 Å². The highest BCUT2D eigenvalue weighted by Crippen LogP contribution is 2.34. The molecule has 0 saturated carbocycles. The molecule has 0 saturated heterocycles. The summed E-state index contributed by atoms with van der Waals surface area (Å²) in [5.74, 6) is -0.307. The Kier molecular flexibility index (Phi) is 4.35. The van der Waals surface area contributed by atoms with Gasteiger partial charge < -0.3 is 4.90 Å². The van der Waals surface area contributed by atoms with Crippen molar-refractivity contribution in [2.24, 2.45) is 0 Å². The first kappa shape index (κ1) is 18.2. The van der Waals surface area contributed by atoms with Crippen LogP contribution in [0.3, 0.4) is 0 Å². The summed E-state index contributed by atoms with van der Waals surface area (Å²) in [5, 5.41) is 0.212. The Morgan fingerprint density at radius 3 is 2.59 bits per heavy atom. The molecule has 3 aromatic rings. The highest BCUT2D eigenvalue weighted by atomic mass is 35.5. The molecule has 4 nitrogen and oxygen atoms in total. The number of hydrogen-bond donors (Lipinski definition) is 0. The van der Waals surface area contributed by atoms with Crippen molar-refractivity contribution in [3.05, 3.63) is 57.3 Å². The van der Waals surface area contributed by atoms with Gasteiger partial charge in [-0.2, -0.15) is 18.2 Å². The first-order valence-corrected chi connectivity index (χ1v) is 8.60. The van der Waals surface area contributed by atoms with E-state index in [1.165, 1.54) is 12.1 Å². The minimum absolute atomic E-state index is 0.0619. The maximum atomic E-state index is 13.9. The zero-order chi connectivity index (χ0) is 19.3. The van der Waals surface area contributed by atoms with Crippen molar-refractivity contribution in [1.29, 1.82) is 0 Å². The molecule has 0 radical (unpaired) electrons. The predicted molar refractivity (Wildman–Crippen MR) is 93.5 cm³/mol. The molecule has 0 unspecified atom stereocenters. The fraction of sp³-hybridized carbons (Fsp3) is 0.235. The highest BCUT2D eigenvalue weighted by Gasteiger charge is 2.32. The van der Waals surface area contributed by atoms with E-state index in [0.717, 1.165) is 12.3 Å². The normalized spacial score (nSPS) is 14.5. The molecular weight excluding hydrogens is 407 g/mol. The maximum Gasteiger partial charge on any atom is 0.417 e. The third-order valence-electron chi connectivity index (χ3n) is 4.36. The van der Waals surface area contributed by atoms with E-state index in [1.807, 2.05) is 0 Å². The van der Waals surface area contributed by atoms with Gasteiger partial charge in [0.15, 0.2) is 0 Å². The Bertz CT molecular complexity index is 1060. The number of benzene rings is 1. The summed E-state index contributed by atoms with van der Waals surface area (Å²) < 4.78 is 52.9. The van der Waals surface area contributed by atoms with Crippen LogP contribution in [0.4, 0.5) is 23.4 Å². The topological polar surface area (TPSA) is 41.9 Å². The van der Waals surface area contributed by atoms with Gasteiger partial charge in [0.25, 0.3) is 0 Å². The first-order valence-electron chi connectivity index (χ1n) is 7.84. The van der Waals surface area contributed by atoms with E-state index in [0.29, 0.717) is 40.9 Å². The Morgan fingerprint density at radius 2 is 1.85 bits per heavy atom. The lowest BCUT2D eigenvalue weighted by atomic mass is 10.0. The summed E-state index contributed by atoms with van der Waals surface area (Å²) in [7, 11) is 0. The molecule has 1 aliphatic heterocycles. The van der Waals surface area contributed by atoms with Crippen LogP contribution >= 0.6 is 23.2 Å². The van der Waals surface area contributed by atoms with Crippen molar-refractivity contribution in [2.45, 2.75) is 19.1 Å². The third kappa shape index (κ3) is 3.39. The van der Waals surface area contributed by atoms with Crippen LogP contribution in [-0.4, -0.2) is 21.5 Å². The molecule has 1 aliphatic rings. The Morgan fingerprint density at radius 1 is 1.07 bits per heavy atom. The second-order valence-corrected chi connectivity index (χ2v) is 6.84. The minimum atomic E-state index is -4.48. The Balaban J connectivity index is 1.79. The smallest absolute Gasteiger partial charge is 0.351 e. The number of hydrogen-bond acceptors (Lipinski definition) is 4. The van der Waals surface area contributed by atoms with Gasteiger partial charge in [0, 0.05) is 36.8 Å². The fourth-order valence-corrected chi connectivity index (χ4v) is 3.41. The molecule has 0 fully saturated rings. The van der Waals surface area contributed by atoms with Gasteiger partial charge >= 0.3 is 6.18 Å². The van der Waals surface area contributed by atoms with Crippen molar-refractivity contribution in [2.75, 3.05) is 11.4 Å². The third-order valence-corrected chi connectivity index (χ3v) is 4.82. The average molecular weight is 417 g/mol. The number of halogens is 6. The molecule has 3 heterocycles. The Labute approximate surface area is 160 Å². The van der Waals surface area contributed by atoms with E-state index in [2.05, 4.69) is 15.0 Å². The van der Waals surface area contributed by atoms with Crippen LogP contribution in [0.15, 0.2) is 24.4 Å². The minimum Gasteiger partial charge on any atom is -0.351 e. The predicted octanol–water partition coefficient (Wildman–Crippen LogP) is 5.05. The van der Waals surface area contributed by atoms with E-state index >= 15 is 0 Å². The van der Waals surface area contributed by atoms with Crippen molar-refractivity contribution in [3.63, 3.8) is 0 Å². The molecule has 0 aliphatic carbocycles. The average Bonchev–Trinajstić information content (AvgIpc) is 2.61. The van der Waals surface area contributed by atoms with Crippen molar-refractivity contribution in [3.8, 4) is 0 Å². The summed E-state index contributed by atoms with van der Waals surface area (Å²) in [6.45, 7) is 0.580. The van der Waals surface area contributed by atoms with E-state index < -0.39 is 17.6 Å². The summed E-state index contributed by atoms with van der Waals surface area (Å²) in [4.78, 5) is 13.9. The van der Waals surface area contributed by atoms with E-state index in [4.69, 9.17) is 23.2 Å². The van der Waals surface area contributed by atoms with Crippen LogP contribution in [0.25, 0.3) is 10.9 Å². The quantitative estimate of drug-likeness (QED) is 0.411. The second kappa shape index (κ2) is 6.45. The zero-order valence-electron chi connectivity index (χ0n) is 13.5. The lowest BCUT2D eigenvalue weighted by Crippen LogP contribution is -2.32. The van der Waals surface area contributed by atoms with Crippen LogP contribution in [0, 0.1) is 5.82 Å². The van der Waals surface area contributed by atoms with Crippen LogP contribution in [0.2, 0.25) is 10.3 Å². The zero-order valence-corrected chi connectivity index (χ0v) is 15.0. The summed E-state index contributed by atoms with van der Waals surface area (Å²) in [5.41, 5.74) is 0.571. The standard InChI is InChI=1S/C17H10Cl2F4N4/c18-11-5-14-10(4-12(11)20)15(26-16(19)25-14)27-2-1-13-8(7-27)3-9(6-24-13)17(21,22)23/h3-6H,1-2,7H2. The van der Waals surface area contributed by atoms with Crippen LogP contribution in [0.1, 0.15) is 16.8 Å². The molecule has 0 bridgehead atoms. The van der Waals surface area contributed by atoms with Gasteiger partial charge in [-0.15, -0.1) is 0 Å². The second-order valence-electron chi connectivity index (χ2n) is 6.10. The lowest BCUT2D eigenvalue weighted by molar-refractivity contribution is -0.137. The molecule has 0 atom stereocenters. The number of pyridine rings is 1. The summed E-state index contributed by atoms with van der Waals surface area (Å²) in [6.07, 6.45) is -3.22. The van der Waals surface area contributed by atoms with Gasteiger partial charge in [-0.05, 0) is 35.4 Å². The number of anilines is 1. The Hall–Kier alpha value is -2.19. The van der Waals surface area contributed by atoms with Crippen molar-refractivity contribution < 1.29 is 17.6 Å². The molecule has 27 heavy (non-hydrogen) atoms. The monoisotopic (exact) mass is 416 g/mol. The van der Waals surface area contributed by atoms with Gasteiger partial charge in [0.2, 0.25) is 5.28 Å². The molecule has 2 aromatic heterocycles. The van der Waals surface area contributed by atoms with E-state index in [1.54, 1.807) is 4.90 Å². The molecular formula is C17H10Cl2F4N4. The number of nitrogens with zero attached hydrogens (tertiary/aromatic N) is 4. The molecule has 0 amide bonds. The van der Waals surface area contributed by atoms with Crippen LogP contribution < -0.4 is 4.90 Å². The number of fused-ring (bicyclic) bond motifs is 2. The number of alkyl halides is 3. The van der Waals surface area contributed by atoms with Gasteiger partial charge in [-0.25, -0.2) is 9.37 Å². The fourth-order valence-electron chi connectivity index (χ4n) is 3.08.